The van der Waals surface area contributed by atoms with Crippen molar-refractivity contribution in [2.24, 2.45) is 0 Å². The van der Waals surface area contributed by atoms with Crippen molar-refractivity contribution in [3.8, 4) is 0 Å². The van der Waals surface area contributed by atoms with E-state index >= 15 is 0 Å². The average molecular weight is 398 g/mol. The molecule has 0 unspecified atom stereocenters. The minimum atomic E-state index is -0.364. The number of nitrogens with zero attached hydrogens (tertiary/aromatic N) is 4. The zero-order chi connectivity index (χ0) is 20.3. The molecule has 28 heavy (non-hydrogen) atoms. The fourth-order valence-electron chi connectivity index (χ4n) is 2.76. The Kier molecular flexibility index (Phi) is 5.99. The number of thiazole rings is 1. The Balaban J connectivity index is 1.72. The Hall–Kier alpha value is -2.87. The third-order valence-electron chi connectivity index (χ3n) is 4.46. The van der Waals surface area contributed by atoms with Gasteiger partial charge >= 0.3 is 0 Å². The van der Waals surface area contributed by atoms with Gasteiger partial charge in [0.15, 0.2) is 0 Å². The summed E-state index contributed by atoms with van der Waals surface area (Å²) in [5.41, 5.74) is 2.97. The van der Waals surface area contributed by atoms with Gasteiger partial charge in [0, 0.05) is 30.2 Å². The van der Waals surface area contributed by atoms with Crippen LogP contribution in [0.25, 0.3) is 0 Å². The van der Waals surface area contributed by atoms with Crippen LogP contribution >= 0.6 is 11.3 Å². The number of aryl methyl sites for hydroxylation is 4. The molecule has 0 saturated heterocycles. The van der Waals surface area contributed by atoms with Crippen molar-refractivity contribution >= 4 is 17.2 Å². The number of nitrogens with one attached hydrogen (secondary N) is 1. The molecule has 3 rings (SSSR count). The van der Waals surface area contributed by atoms with Crippen LogP contribution in [0.3, 0.4) is 0 Å². The van der Waals surface area contributed by atoms with E-state index in [4.69, 9.17) is 0 Å². The highest BCUT2D eigenvalue weighted by Gasteiger charge is 2.16. The van der Waals surface area contributed by atoms with E-state index in [1.165, 1.54) is 9.44 Å². The molecule has 1 amide bonds. The van der Waals surface area contributed by atoms with Crippen molar-refractivity contribution in [3.63, 3.8) is 0 Å². The molecule has 8 heteroatoms. The molecule has 0 aromatic carbocycles. The Morgan fingerprint density at radius 2 is 1.96 bits per heavy atom. The van der Waals surface area contributed by atoms with Gasteiger partial charge in [-0.1, -0.05) is 0 Å². The summed E-state index contributed by atoms with van der Waals surface area (Å²) in [7, 11) is 0. The summed E-state index contributed by atoms with van der Waals surface area (Å²) in [6, 6.07) is 1.77. The van der Waals surface area contributed by atoms with Crippen molar-refractivity contribution in [2.75, 3.05) is 6.54 Å². The van der Waals surface area contributed by atoms with Gasteiger partial charge in [-0.15, -0.1) is 11.3 Å². The quantitative estimate of drug-likeness (QED) is 0.690. The molecule has 0 saturated carbocycles. The summed E-state index contributed by atoms with van der Waals surface area (Å²) >= 11 is 1.63. The van der Waals surface area contributed by atoms with Gasteiger partial charge in [-0.3, -0.25) is 19.6 Å². The summed E-state index contributed by atoms with van der Waals surface area (Å²) in [5, 5.41) is 3.82. The van der Waals surface area contributed by atoms with Gasteiger partial charge in [0.1, 0.15) is 5.56 Å². The van der Waals surface area contributed by atoms with Crippen LogP contribution in [-0.2, 0) is 13.0 Å². The monoisotopic (exact) mass is 397 g/mol. The standard InChI is InChI=1S/C20H23N5O2S/c1-12-6-8-25(11-16-10-22-13(2)9-23-16)20(27)18(12)19(26)21-7-5-17-24-14(3)15(4)28-17/h6,8-10H,5,7,11H2,1-4H3,(H,21,26). The van der Waals surface area contributed by atoms with E-state index in [0.717, 1.165) is 16.4 Å². The Bertz CT molecular complexity index is 1030. The van der Waals surface area contributed by atoms with Gasteiger partial charge < -0.3 is 9.88 Å². The van der Waals surface area contributed by atoms with Crippen molar-refractivity contribution < 1.29 is 4.79 Å². The lowest BCUT2D eigenvalue weighted by atomic mass is 10.1. The number of pyridine rings is 1. The summed E-state index contributed by atoms with van der Waals surface area (Å²) in [4.78, 5) is 39.6. The van der Waals surface area contributed by atoms with E-state index < -0.39 is 0 Å². The number of hydrogen-bond acceptors (Lipinski definition) is 6. The molecule has 3 aromatic heterocycles. The van der Waals surface area contributed by atoms with Gasteiger partial charge in [-0.2, -0.15) is 0 Å². The number of rotatable bonds is 6. The second-order valence-electron chi connectivity index (χ2n) is 6.71. The number of carbonyl (C=O) groups excluding carboxylic acids is 1. The van der Waals surface area contributed by atoms with E-state index in [9.17, 15) is 9.59 Å². The molecule has 1 N–H and O–H groups in total. The summed E-state index contributed by atoms with van der Waals surface area (Å²) < 4.78 is 1.48. The van der Waals surface area contributed by atoms with Crippen LogP contribution in [0.5, 0.6) is 0 Å². The smallest absolute Gasteiger partial charge is 0.264 e. The maximum Gasteiger partial charge on any atom is 0.264 e. The normalized spacial score (nSPS) is 10.9. The first-order valence-corrected chi connectivity index (χ1v) is 9.85. The highest BCUT2D eigenvalue weighted by molar-refractivity contribution is 7.11. The van der Waals surface area contributed by atoms with E-state index in [1.807, 2.05) is 20.8 Å². The SMILES string of the molecule is Cc1cnc(Cn2ccc(C)c(C(=O)NCCc3nc(C)c(C)s3)c2=O)cn1. The second kappa shape index (κ2) is 8.43. The average Bonchev–Trinajstić information content (AvgIpc) is 2.97. The predicted molar refractivity (Wildman–Crippen MR) is 109 cm³/mol. The van der Waals surface area contributed by atoms with Crippen molar-refractivity contribution in [1.29, 1.82) is 0 Å². The van der Waals surface area contributed by atoms with E-state index in [1.54, 1.807) is 42.9 Å². The number of amides is 1. The van der Waals surface area contributed by atoms with Gasteiger partial charge in [0.05, 0.1) is 34.8 Å². The molecule has 0 spiro atoms. The molecule has 0 radical (unpaired) electrons. The molecule has 7 nitrogen and oxygen atoms in total. The van der Waals surface area contributed by atoms with Crippen LogP contribution in [0.15, 0.2) is 29.5 Å². The van der Waals surface area contributed by atoms with Gasteiger partial charge in [0.2, 0.25) is 0 Å². The summed E-state index contributed by atoms with van der Waals surface area (Å²) in [6.07, 6.45) is 5.62. The lowest BCUT2D eigenvalue weighted by Gasteiger charge is -2.11. The molecular formula is C20H23N5O2S. The summed E-state index contributed by atoms with van der Waals surface area (Å²) in [6.45, 7) is 8.32. The Morgan fingerprint density at radius 3 is 2.61 bits per heavy atom. The van der Waals surface area contributed by atoms with E-state index in [-0.39, 0.29) is 23.6 Å². The van der Waals surface area contributed by atoms with Crippen LogP contribution < -0.4 is 10.9 Å². The molecule has 0 aliphatic rings. The lowest BCUT2D eigenvalue weighted by molar-refractivity contribution is 0.0951. The van der Waals surface area contributed by atoms with E-state index in [2.05, 4.69) is 20.3 Å². The molecule has 0 bridgehead atoms. The molecule has 3 aromatic rings. The topological polar surface area (TPSA) is 89.8 Å². The van der Waals surface area contributed by atoms with Crippen molar-refractivity contribution in [2.45, 2.75) is 40.7 Å². The summed E-state index contributed by atoms with van der Waals surface area (Å²) in [5.74, 6) is -0.364. The molecule has 0 atom stereocenters. The second-order valence-corrected chi connectivity index (χ2v) is 8.00. The molecular weight excluding hydrogens is 374 g/mol. The molecule has 0 aliphatic carbocycles. The largest absolute Gasteiger partial charge is 0.351 e. The van der Waals surface area contributed by atoms with Gasteiger partial charge in [-0.25, -0.2) is 4.98 Å². The first kappa shape index (κ1) is 19.9. The zero-order valence-electron chi connectivity index (χ0n) is 16.4. The number of carbonyl (C=O) groups is 1. The predicted octanol–water partition coefficient (Wildman–Crippen LogP) is 2.35. The highest BCUT2D eigenvalue weighted by atomic mass is 32.1. The molecule has 0 fully saturated rings. The molecule has 3 heterocycles. The highest BCUT2D eigenvalue weighted by Crippen LogP contribution is 2.16. The lowest BCUT2D eigenvalue weighted by Crippen LogP contribution is -2.35. The van der Waals surface area contributed by atoms with Crippen molar-refractivity contribution in [1.82, 2.24) is 24.8 Å². The van der Waals surface area contributed by atoms with Crippen LogP contribution in [0.2, 0.25) is 0 Å². The van der Waals surface area contributed by atoms with E-state index in [0.29, 0.717) is 24.2 Å². The Labute approximate surface area is 167 Å². The maximum absolute atomic E-state index is 12.8. The van der Waals surface area contributed by atoms with Crippen LogP contribution in [0.4, 0.5) is 0 Å². The first-order chi connectivity index (χ1) is 13.3. The minimum absolute atomic E-state index is 0.161. The number of aromatic nitrogens is 4. The van der Waals surface area contributed by atoms with Crippen LogP contribution in [0.1, 0.15) is 42.9 Å². The van der Waals surface area contributed by atoms with Gasteiger partial charge in [-0.05, 0) is 39.3 Å². The fourth-order valence-corrected chi connectivity index (χ4v) is 3.69. The first-order valence-electron chi connectivity index (χ1n) is 9.04. The van der Waals surface area contributed by atoms with Crippen LogP contribution in [-0.4, -0.2) is 32.0 Å². The maximum atomic E-state index is 12.8. The fraction of sp³-hybridized carbons (Fsp3) is 0.350. The minimum Gasteiger partial charge on any atom is -0.351 e. The third kappa shape index (κ3) is 4.51. The van der Waals surface area contributed by atoms with Crippen LogP contribution in [0, 0.1) is 27.7 Å². The number of hydrogen-bond donors (Lipinski definition) is 1. The third-order valence-corrected chi connectivity index (χ3v) is 5.60. The molecule has 0 aliphatic heterocycles. The van der Waals surface area contributed by atoms with Crippen molar-refractivity contribution in [3.05, 3.63) is 73.1 Å². The molecule has 146 valence electrons. The van der Waals surface area contributed by atoms with Gasteiger partial charge in [0.25, 0.3) is 11.5 Å². The zero-order valence-corrected chi connectivity index (χ0v) is 17.3. The Morgan fingerprint density at radius 1 is 1.18 bits per heavy atom.